The van der Waals surface area contributed by atoms with Gasteiger partial charge in [0.15, 0.2) is 6.61 Å². The van der Waals surface area contributed by atoms with Crippen molar-refractivity contribution in [3.63, 3.8) is 0 Å². The van der Waals surface area contributed by atoms with Crippen LogP contribution in [-0.4, -0.2) is 27.5 Å². The standard InChI is InChI=1S/C11H12Cl2N2O4S/c1-2-5-15-9(16)6-19-7-3-4-8(20(14,17)18)11(13)10(7)12/h2-4H,1,5-6H2,(H,15,16)(H2,14,17,18). The fourth-order valence-corrected chi connectivity index (χ4v) is 2.59. The van der Waals surface area contributed by atoms with Crippen LogP contribution in [0, 0.1) is 0 Å². The smallest absolute Gasteiger partial charge is 0.258 e. The van der Waals surface area contributed by atoms with Gasteiger partial charge in [-0.25, -0.2) is 13.6 Å². The van der Waals surface area contributed by atoms with Crippen molar-refractivity contribution in [2.45, 2.75) is 4.90 Å². The highest BCUT2D eigenvalue weighted by molar-refractivity contribution is 7.89. The Labute approximate surface area is 126 Å². The highest BCUT2D eigenvalue weighted by Gasteiger charge is 2.18. The third-order valence-corrected chi connectivity index (χ3v) is 4.05. The molecule has 20 heavy (non-hydrogen) atoms. The van der Waals surface area contributed by atoms with Gasteiger partial charge in [-0.15, -0.1) is 6.58 Å². The Hall–Kier alpha value is -1.28. The van der Waals surface area contributed by atoms with Gasteiger partial charge in [-0.2, -0.15) is 0 Å². The second-order valence-electron chi connectivity index (χ2n) is 3.62. The fraction of sp³-hybridized carbons (Fsp3) is 0.182. The minimum Gasteiger partial charge on any atom is -0.482 e. The van der Waals surface area contributed by atoms with Gasteiger partial charge >= 0.3 is 0 Å². The Balaban J connectivity index is 2.86. The summed E-state index contributed by atoms with van der Waals surface area (Å²) in [4.78, 5) is 11.0. The highest BCUT2D eigenvalue weighted by Crippen LogP contribution is 2.36. The number of ether oxygens (including phenoxy) is 1. The van der Waals surface area contributed by atoms with Gasteiger partial charge in [0, 0.05) is 6.54 Å². The van der Waals surface area contributed by atoms with Crippen LogP contribution in [0.5, 0.6) is 5.75 Å². The van der Waals surface area contributed by atoms with Gasteiger partial charge in [0.1, 0.15) is 15.7 Å². The Morgan fingerprint density at radius 1 is 1.40 bits per heavy atom. The maximum absolute atomic E-state index is 11.3. The zero-order valence-electron chi connectivity index (χ0n) is 10.2. The van der Waals surface area contributed by atoms with E-state index in [1.165, 1.54) is 12.1 Å². The SMILES string of the molecule is C=CCNC(=O)COc1ccc(S(N)(=O)=O)c(Cl)c1Cl. The maximum Gasteiger partial charge on any atom is 0.258 e. The average Bonchev–Trinajstić information content (AvgIpc) is 2.36. The zero-order chi connectivity index (χ0) is 15.3. The number of carbonyl (C=O) groups is 1. The van der Waals surface area contributed by atoms with E-state index in [0.29, 0.717) is 6.54 Å². The minimum atomic E-state index is -3.98. The summed E-state index contributed by atoms with van der Waals surface area (Å²) in [6.07, 6.45) is 1.52. The van der Waals surface area contributed by atoms with Crippen LogP contribution in [0.2, 0.25) is 10.0 Å². The van der Waals surface area contributed by atoms with E-state index in [1.54, 1.807) is 0 Å². The molecule has 9 heteroatoms. The predicted molar refractivity (Wildman–Crippen MR) is 76.5 cm³/mol. The van der Waals surface area contributed by atoms with Gasteiger partial charge in [-0.1, -0.05) is 29.3 Å². The molecule has 1 aromatic rings. The maximum atomic E-state index is 11.3. The molecule has 0 radical (unpaired) electrons. The van der Waals surface area contributed by atoms with Crippen LogP contribution < -0.4 is 15.2 Å². The molecule has 0 aliphatic heterocycles. The quantitative estimate of drug-likeness (QED) is 0.764. The summed E-state index contributed by atoms with van der Waals surface area (Å²) in [5.41, 5.74) is 0. The van der Waals surface area contributed by atoms with Crippen molar-refractivity contribution in [3.8, 4) is 5.75 Å². The third kappa shape index (κ3) is 4.38. The number of hydrogen-bond donors (Lipinski definition) is 2. The Kier molecular flexibility index (Phi) is 5.82. The van der Waals surface area contributed by atoms with Gasteiger partial charge in [0.2, 0.25) is 10.0 Å². The van der Waals surface area contributed by atoms with E-state index < -0.39 is 10.0 Å². The van der Waals surface area contributed by atoms with E-state index in [1.807, 2.05) is 0 Å². The minimum absolute atomic E-state index is 0.0813. The summed E-state index contributed by atoms with van der Waals surface area (Å²) in [5, 5.41) is 7.09. The largest absolute Gasteiger partial charge is 0.482 e. The molecule has 3 N–H and O–H groups in total. The van der Waals surface area contributed by atoms with Crippen molar-refractivity contribution in [2.75, 3.05) is 13.2 Å². The first-order chi connectivity index (χ1) is 9.27. The molecule has 0 bridgehead atoms. The van der Waals surface area contributed by atoms with Crippen molar-refractivity contribution in [3.05, 3.63) is 34.8 Å². The number of rotatable bonds is 6. The molecule has 0 saturated heterocycles. The summed E-state index contributed by atoms with van der Waals surface area (Å²) >= 11 is 11.7. The molecule has 1 aromatic carbocycles. The van der Waals surface area contributed by atoms with Gasteiger partial charge in [0.05, 0.1) is 5.02 Å². The number of benzene rings is 1. The summed E-state index contributed by atoms with van der Waals surface area (Å²) in [6.45, 7) is 3.46. The van der Waals surface area contributed by atoms with Crippen molar-refractivity contribution in [1.82, 2.24) is 5.32 Å². The predicted octanol–water partition coefficient (Wildman–Crippen LogP) is 1.32. The zero-order valence-corrected chi connectivity index (χ0v) is 12.6. The molecule has 0 atom stereocenters. The van der Waals surface area contributed by atoms with Crippen LogP contribution in [0.15, 0.2) is 29.7 Å². The van der Waals surface area contributed by atoms with Crippen LogP contribution in [-0.2, 0) is 14.8 Å². The molecule has 0 aliphatic rings. The van der Waals surface area contributed by atoms with E-state index in [-0.39, 0.29) is 33.2 Å². The lowest BCUT2D eigenvalue weighted by Gasteiger charge is -2.10. The lowest BCUT2D eigenvalue weighted by atomic mass is 10.3. The summed E-state index contributed by atoms with van der Waals surface area (Å²) in [5.74, 6) is -0.301. The van der Waals surface area contributed by atoms with Crippen molar-refractivity contribution in [1.29, 1.82) is 0 Å². The first-order valence-electron chi connectivity index (χ1n) is 5.28. The second-order valence-corrected chi connectivity index (χ2v) is 5.90. The van der Waals surface area contributed by atoms with E-state index >= 15 is 0 Å². The topological polar surface area (TPSA) is 98.5 Å². The summed E-state index contributed by atoms with van der Waals surface area (Å²) in [6, 6.07) is 2.43. The fourth-order valence-electron chi connectivity index (χ4n) is 1.23. The molecular weight excluding hydrogens is 327 g/mol. The summed E-state index contributed by atoms with van der Waals surface area (Å²) in [7, 11) is -3.98. The van der Waals surface area contributed by atoms with Crippen molar-refractivity contribution >= 4 is 39.1 Å². The molecule has 6 nitrogen and oxygen atoms in total. The van der Waals surface area contributed by atoms with Gasteiger partial charge in [-0.05, 0) is 12.1 Å². The van der Waals surface area contributed by atoms with Gasteiger partial charge < -0.3 is 10.1 Å². The Bertz CT molecular complexity index is 632. The molecule has 0 aromatic heterocycles. The Morgan fingerprint density at radius 2 is 2.05 bits per heavy atom. The number of primary sulfonamides is 1. The van der Waals surface area contributed by atoms with Crippen LogP contribution >= 0.6 is 23.2 Å². The molecule has 0 spiro atoms. The van der Waals surface area contributed by atoms with E-state index in [4.69, 9.17) is 33.1 Å². The number of sulfonamides is 1. The Morgan fingerprint density at radius 3 is 2.60 bits per heavy atom. The first-order valence-corrected chi connectivity index (χ1v) is 7.58. The highest BCUT2D eigenvalue weighted by atomic mass is 35.5. The summed E-state index contributed by atoms with van der Waals surface area (Å²) < 4.78 is 27.6. The molecule has 0 heterocycles. The number of hydrogen-bond acceptors (Lipinski definition) is 4. The molecular formula is C11H12Cl2N2O4S. The van der Waals surface area contributed by atoms with Crippen LogP contribution in [0.4, 0.5) is 0 Å². The lowest BCUT2D eigenvalue weighted by Crippen LogP contribution is -2.28. The number of amides is 1. The molecule has 1 rings (SSSR count). The van der Waals surface area contributed by atoms with E-state index in [2.05, 4.69) is 11.9 Å². The van der Waals surface area contributed by atoms with Crippen molar-refractivity contribution < 1.29 is 17.9 Å². The molecule has 0 saturated carbocycles. The van der Waals surface area contributed by atoms with E-state index in [9.17, 15) is 13.2 Å². The lowest BCUT2D eigenvalue weighted by molar-refractivity contribution is -0.122. The average molecular weight is 339 g/mol. The number of halogens is 2. The van der Waals surface area contributed by atoms with Crippen LogP contribution in [0.3, 0.4) is 0 Å². The van der Waals surface area contributed by atoms with Crippen LogP contribution in [0.25, 0.3) is 0 Å². The first kappa shape index (κ1) is 16.8. The molecule has 0 unspecified atom stereocenters. The monoisotopic (exact) mass is 338 g/mol. The van der Waals surface area contributed by atoms with Gasteiger partial charge in [-0.3, -0.25) is 4.79 Å². The van der Waals surface area contributed by atoms with Crippen molar-refractivity contribution in [2.24, 2.45) is 5.14 Å². The normalized spacial score (nSPS) is 10.9. The van der Waals surface area contributed by atoms with Gasteiger partial charge in [0.25, 0.3) is 5.91 Å². The van der Waals surface area contributed by atoms with E-state index in [0.717, 1.165) is 6.07 Å². The molecule has 110 valence electrons. The second kappa shape index (κ2) is 6.94. The molecule has 0 aliphatic carbocycles. The van der Waals surface area contributed by atoms with Crippen LogP contribution in [0.1, 0.15) is 0 Å². The molecule has 1 amide bonds. The number of carbonyl (C=O) groups excluding carboxylic acids is 1. The third-order valence-electron chi connectivity index (χ3n) is 2.12. The molecule has 0 fully saturated rings. The number of nitrogens with two attached hydrogens (primary N) is 1. The number of nitrogens with one attached hydrogen (secondary N) is 1.